The van der Waals surface area contributed by atoms with E-state index in [2.05, 4.69) is 11.0 Å². The average Bonchev–Trinajstić information content (AvgIpc) is 2.72. The van der Waals surface area contributed by atoms with Crippen LogP contribution in [0, 0.1) is 0 Å². The van der Waals surface area contributed by atoms with Crippen LogP contribution >= 0.6 is 12.4 Å². The Kier molecular flexibility index (Phi) is 7.62. The minimum Gasteiger partial charge on any atom is -0.493 e. The Morgan fingerprint density at radius 1 is 1.21 bits per heavy atom. The van der Waals surface area contributed by atoms with Gasteiger partial charge in [-0.3, -0.25) is 4.79 Å². The number of carbonyl (C=O) groups is 1. The maximum absolute atomic E-state index is 13.1. The summed E-state index contributed by atoms with van der Waals surface area (Å²) in [6.45, 7) is 3.32. The molecule has 1 atom stereocenters. The summed E-state index contributed by atoms with van der Waals surface area (Å²) in [6.07, 6.45) is 1.96. The number of nitrogens with zero attached hydrogens (tertiary/aromatic N) is 2. The molecule has 0 radical (unpaired) electrons. The Morgan fingerprint density at radius 2 is 1.93 bits per heavy atom. The number of methoxy groups -OCH3 is 2. The van der Waals surface area contributed by atoms with E-state index in [1.54, 1.807) is 19.1 Å². The summed E-state index contributed by atoms with van der Waals surface area (Å²) in [5.41, 5.74) is 10.2. The van der Waals surface area contributed by atoms with Crippen molar-refractivity contribution in [2.45, 2.75) is 32.4 Å². The van der Waals surface area contributed by atoms with Gasteiger partial charge in [-0.05, 0) is 55.2 Å². The van der Waals surface area contributed by atoms with Crippen LogP contribution in [0.1, 0.15) is 24.5 Å². The number of benzene rings is 2. The second-order valence-corrected chi connectivity index (χ2v) is 7.20. The van der Waals surface area contributed by atoms with Crippen LogP contribution in [0.15, 0.2) is 36.4 Å². The normalized spacial score (nSPS) is 13.7. The van der Waals surface area contributed by atoms with Crippen molar-refractivity contribution in [3.05, 3.63) is 47.5 Å². The largest absolute Gasteiger partial charge is 0.493 e. The van der Waals surface area contributed by atoms with Gasteiger partial charge >= 0.3 is 0 Å². The number of hydrogen-bond donors (Lipinski definition) is 1. The van der Waals surface area contributed by atoms with Gasteiger partial charge in [-0.15, -0.1) is 12.4 Å². The Hall–Kier alpha value is -2.60. The second-order valence-electron chi connectivity index (χ2n) is 7.20. The van der Waals surface area contributed by atoms with Crippen LogP contribution in [-0.2, 0) is 17.8 Å². The fourth-order valence-corrected chi connectivity index (χ4v) is 3.87. The van der Waals surface area contributed by atoms with Gasteiger partial charge in [0, 0.05) is 31.5 Å². The maximum atomic E-state index is 13.1. The van der Waals surface area contributed by atoms with E-state index in [0.717, 1.165) is 41.9 Å². The molecule has 3 rings (SSSR count). The summed E-state index contributed by atoms with van der Waals surface area (Å²) in [5, 5.41) is 0. The van der Waals surface area contributed by atoms with Crippen LogP contribution in [0.5, 0.6) is 11.5 Å². The SMILES string of the molecule is COc1ccc(CN(C)C(=O)C(C)N2CCCc3c(N)cccc32)cc1OC.Cl. The Morgan fingerprint density at radius 3 is 2.62 bits per heavy atom. The first-order chi connectivity index (χ1) is 13.5. The third kappa shape index (κ3) is 4.70. The predicted octanol–water partition coefficient (Wildman–Crippen LogP) is 3.51. The van der Waals surface area contributed by atoms with Gasteiger partial charge in [-0.1, -0.05) is 12.1 Å². The van der Waals surface area contributed by atoms with Crippen molar-refractivity contribution in [3.63, 3.8) is 0 Å². The van der Waals surface area contributed by atoms with Gasteiger partial charge in [-0.25, -0.2) is 0 Å². The molecule has 158 valence electrons. The molecule has 7 heteroatoms. The standard InChI is InChI=1S/C22H29N3O3.ClH/c1-15(25-12-6-7-17-18(23)8-5-9-19(17)25)22(26)24(2)14-16-10-11-20(27-3)21(13-16)28-4;/h5,8-11,13,15H,6-7,12,14,23H2,1-4H3;1H. The average molecular weight is 420 g/mol. The molecule has 0 saturated carbocycles. The van der Waals surface area contributed by atoms with Crippen molar-refractivity contribution in [1.82, 2.24) is 4.90 Å². The number of amides is 1. The minimum atomic E-state index is -0.258. The Bertz CT molecular complexity index is 859. The molecule has 0 aliphatic carbocycles. The second kappa shape index (κ2) is 9.74. The summed E-state index contributed by atoms with van der Waals surface area (Å²) >= 11 is 0. The van der Waals surface area contributed by atoms with E-state index in [-0.39, 0.29) is 24.4 Å². The zero-order valence-corrected chi connectivity index (χ0v) is 18.3. The Balaban J connectivity index is 0.00000300. The van der Waals surface area contributed by atoms with Gasteiger partial charge in [0.25, 0.3) is 0 Å². The third-order valence-electron chi connectivity index (χ3n) is 5.39. The lowest BCUT2D eigenvalue weighted by molar-refractivity contribution is -0.131. The number of anilines is 2. The summed E-state index contributed by atoms with van der Waals surface area (Å²) in [4.78, 5) is 17.0. The molecule has 2 aromatic rings. The van der Waals surface area contributed by atoms with Crippen LogP contribution in [-0.4, -0.2) is 44.7 Å². The topological polar surface area (TPSA) is 68.0 Å². The molecule has 0 spiro atoms. The molecule has 29 heavy (non-hydrogen) atoms. The van der Waals surface area contributed by atoms with E-state index in [0.29, 0.717) is 18.0 Å². The molecule has 1 heterocycles. The number of halogens is 1. The minimum absolute atomic E-state index is 0. The van der Waals surface area contributed by atoms with Crippen molar-refractivity contribution < 1.29 is 14.3 Å². The molecule has 2 aromatic carbocycles. The van der Waals surface area contributed by atoms with E-state index >= 15 is 0 Å². The highest BCUT2D eigenvalue weighted by atomic mass is 35.5. The van der Waals surface area contributed by atoms with Crippen LogP contribution in [0.4, 0.5) is 11.4 Å². The highest BCUT2D eigenvalue weighted by Gasteiger charge is 2.28. The lowest BCUT2D eigenvalue weighted by Crippen LogP contribution is -2.47. The molecule has 1 aliphatic rings. The molecule has 0 aromatic heterocycles. The third-order valence-corrected chi connectivity index (χ3v) is 5.39. The number of nitrogen functional groups attached to an aromatic ring is 1. The maximum Gasteiger partial charge on any atom is 0.245 e. The van der Waals surface area contributed by atoms with Gasteiger partial charge < -0.3 is 25.0 Å². The first-order valence-electron chi connectivity index (χ1n) is 9.56. The van der Waals surface area contributed by atoms with Crippen LogP contribution in [0.2, 0.25) is 0 Å². The van der Waals surface area contributed by atoms with Gasteiger partial charge in [0.1, 0.15) is 6.04 Å². The van der Waals surface area contributed by atoms with E-state index in [1.165, 1.54) is 0 Å². The molecule has 2 N–H and O–H groups in total. The molecule has 1 amide bonds. The number of hydrogen-bond acceptors (Lipinski definition) is 5. The van der Waals surface area contributed by atoms with Crippen molar-refractivity contribution in [2.24, 2.45) is 0 Å². The molecule has 0 saturated heterocycles. The smallest absolute Gasteiger partial charge is 0.245 e. The Labute approximate surface area is 179 Å². The van der Waals surface area contributed by atoms with E-state index in [1.807, 2.05) is 44.3 Å². The van der Waals surface area contributed by atoms with Crippen LogP contribution in [0.25, 0.3) is 0 Å². The molecule has 1 unspecified atom stereocenters. The highest BCUT2D eigenvalue weighted by molar-refractivity contribution is 5.86. The summed E-state index contributed by atoms with van der Waals surface area (Å²) in [5.74, 6) is 1.41. The van der Waals surface area contributed by atoms with Gasteiger partial charge in [-0.2, -0.15) is 0 Å². The van der Waals surface area contributed by atoms with E-state index in [4.69, 9.17) is 15.2 Å². The zero-order chi connectivity index (χ0) is 20.3. The first kappa shape index (κ1) is 22.7. The van der Waals surface area contributed by atoms with Gasteiger partial charge in [0.15, 0.2) is 11.5 Å². The van der Waals surface area contributed by atoms with Gasteiger partial charge in [0.2, 0.25) is 5.91 Å². The molecule has 0 bridgehead atoms. The fraction of sp³-hybridized carbons (Fsp3) is 0.409. The first-order valence-corrected chi connectivity index (χ1v) is 9.56. The quantitative estimate of drug-likeness (QED) is 0.725. The predicted molar refractivity (Wildman–Crippen MR) is 119 cm³/mol. The van der Waals surface area contributed by atoms with Crippen LogP contribution in [0.3, 0.4) is 0 Å². The van der Waals surface area contributed by atoms with E-state index < -0.39 is 0 Å². The molecule has 1 aliphatic heterocycles. The summed E-state index contributed by atoms with van der Waals surface area (Å²) in [7, 11) is 5.05. The number of fused-ring (bicyclic) bond motifs is 1. The summed E-state index contributed by atoms with van der Waals surface area (Å²) in [6, 6.07) is 11.4. The monoisotopic (exact) mass is 419 g/mol. The molecular formula is C22H30ClN3O3. The van der Waals surface area contributed by atoms with Gasteiger partial charge in [0.05, 0.1) is 14.2 Å². The molecule has 0 fully saturated rings. The highest BCUT2D eigenvalue weighted by Crippen LogP contribution is 2.33. The van der Waals surface area contributed by atoms with Crippen molar-refractivity contribution in [3.8, 4) is 11.5 Å². The zero-order valence-electron chi connectivity index (χ0n) is 17.5. The number of ether oxygens (including phenoxy) is 2. The van der Waals surface area contributed by atoms with Crippen molar-refractivity contribution in [2.75, 3.05) is 38.4 Å². The van der Waals surface area contributed by atoms with E-state index in [9.17, 15) is 4.79 Å². The molecular weight excluding hydrogens is 390 g/mol. The van der Waals surface area contributed by atoms with Crippen molar-refractivity contribution in [1.29, 1.82) is 0 Å². The number of carbonyl (C=O) groups excluding carboxylic acids is 1. The van der Waals surface area contributed by atoms with Crippen LogP contribution < -0.4 is 20.1 Å². The summed E-state index contributed by atoms with van der Waals surface area (Å²) < 4.78 is 10.6. The molecule has 6 nitrogen and oxygen atoms in total. The number of nitrogens with two attached hydrogens (primary N) is 1. The lowest BCUT2D eigenvalue weighted by Gasteiger charge is -2.37. The number of likely N-dealkylation sites (N-methyl/N-ethyl adjacent to an activating group) is 1. The lowest BCUT2D eigenvalue weighted by atomic mass is 9.98. The number of rotatable bonds is 6. The fourth-order valence-electron chi connectivity index (χ4n) is 3.87. The van der Waals surface area contributed by atoms with Crippen molar-refractivity contribution >= 4 is 29.7 Å².